The number of thiazole rings is 1. The predicted molar refractivity (Wildman–Crippen MR) is 102 cm³/mol. The lowest BCUT2D eigenvalue weighted by Crippen LogP contribution is -1.99. The summed E-state index contributed by atoms with van der Waals surface area (Å²) >= 11 is 1.72. The SMILES string of the molecule is CCCc1cc(-c2nc(CC)cs2)ccc1OCc1ccccc1. The van der Waals surface area contributed by atoms with Crippen molar-refractivity contribution in [1.82, 2.24) is 4.98 Å². The molecular formula is C21H23NOS. The molecule has 0 bridgehead atoms. The molecule has 0 spiro atoms. The van der Waals surface area contributed by atoms with Crippen molar-refractivity contribution in [3.05, 3.63) is 70.7 Å². The van der Waals surface area contributed by atoms with Crippen LogP contribution in [-0.2, 0) is 19.4 Å². The van der Waals surface area contributed by atoms with Crippen molar-refractivity contribution in [3.8, 4) is 16.3 Å². The normalized spacial score (nSPS) is 10.8. The smallest absolute Gasteiger partial charge is 0.123 e. The molecule has 0 radical (unpaired) electrons. The fraction of sp³-hybridized carbons (Fsp3) is 0.286. The summed E-state index contributed by atoms with van der Waals surface area (Å²) in [6, 6.07) is 16.8. The van der Waals surface area contributed by atoms with Crippen molar-refractivity contribution in [3.63, 3.8) is 0 Å². The Morgan fingerprint density at radius 1 is 1.04 bits per heavy atom. The number of nitrogens with zero attached hydrogens (tertiary/aromatic N) is 1. The maximum Gasteiger partial charge on any atom is 0.123 e. The third-order valence-corrected chi connectivity index (χ3v) is 4.92. The van der Waals surface area contributed by atoms with E-state index in [9.17, 15) is 0 Å². The first-order valence-electron chi connectivity index (χ1n) is 8.54. The number of hydrogen-bond acceptors (Lipinski definition) is 3. The molecule has 0 aliphatic heterocycles. The Morgan fingerprint density at radius 2 is 1.88 bits per heavy atom. The molecule has 0 aliphatic carbocycles. The summed E-state index contributed by atoms with van der Waals surface area (Å²) in [5, 5.41) is 3.24. The first-order valence-corrected chi connectivity index (χ1v) is 9.42. The molecule has 0 aliphatic rings. The third kappa shape index (κ3) is 4.04. The van der Waals surface area contributed by atoms with Gasteiger partial charge in [-0.2, -0.15) is 0 Å². The topological polar surface area (TPSA) is 22.1 Å². The minimum Gasteiger partial charge on any atom is -0.489 e. The summed E-state index contributed by atoms with van der Waals surface area (Å²) in [4.78, 5) is 4.70. The van der Waals surface area contributed by atoms with E-state index < -0.39 is 0 Å². The lowest BCUT2D eigenvalue weighted by molar-refractivity contribution is 0.303. The Balaban J connectivity index is 1.81. The monoisotopic (exact) mass is 337 g/mol. The number of ether oxygens (including phenoxy) is 1. The molecule has 124 valence electrons. The first kappa shape index (κ1) is 16.7. The van der Waals surface area contributed by atoms with Crippen molar-refractivity contribution in [2.45, 2.75) is 39.7 Å². The van der Waals surface area contributed by atoms with E-state index in [4.69, 9.17) is 9.72 Å². The van der Waals surface area contributed by atoms with Crippen LogP contribution in [0.25, 0.3) is 10.6 Å². The molecule has 3 heteroatoms. The van der Waals surface area contributed by atoms with Gasteiger partial charge in [-0.25, -0.2) is 4.98 Å². The van der Waals surface area contributed by atoms with Crippen molar-refractivity contribution in [1.29, 1.82) is 0 Å². The molecule has 0 atom stereocenters. The van der Waals surface area contributed by atoms with E-state index in [1.54, 1.807) is 11.3 Å². The van der Waals surface area contributed by atoms with E-state index in [-0.39, 0.29) is 0 Å². The van der Waals surface area contributed by atoms with Crippen LogP contribution in [0.1, 0.15) is 37.1 Å². The second-order valence-electron chi connectivity index (χ2n) is 5.84. The average Bonchev–Trinajstić information content (AvgIpc) is 3.11. The van der Waals surface area contributed by atoms with E-state index in [1.165, 1.54) is 16.7 Å². The Hall–Kier alpha value is -2.13. The highest BCUT2D eigenvalue weighted by Crippen LogP contribution is 2.30. The Bertz CT molecular complexity index is 780. The van der Waals surface area contributed by atoms with E-state index in [2.05, 4.69) is 49.6 Å². The van der Waals surface area contributed by atoms with Crippen molar-refractivity contribution in [2.75, 3.05) is 0 Å². The van der Waals surface area contributed by atoms with Gasteiger partial charge in [0.1, 0.15) is 17.4 Å². The summed E-state index contributed by atoms with van der Waals surface area (Å²) in [7, 11) is 0. The fourth-order valence-corrected chi connectivity index (χ4v) is 3.56. The highest BCUT2D eigenvalue weighted by atomic mass is 32.1. The molecule has 2 nitrogen and oxygen atoms in total. The maximum atomic E-state index is 6.08. The number of hydrogen-bond donors (Lipinski definition) is 0. The molecule has 0 fully saturated rings. The number of aromatic nitrogens is 1. The molecule has 0 amide bonds. The minimum atomic E-state index is 0.605. The van der Waals surface area contributed by atoms with Gasteiger partial charge in [0.05, 0.1) is 5.69 Å². The van der Waals surface area contributed by atoms with E-state index in [1.807, 2.05) is 18.2 Å². The maximum absolute atomic E-state index is 6.08. The van der Waals surface area contributed by atoms with Crippen LogP contribution in [0.5, 0.6) is 5.75 Å². The zero-order valence-electron chi connectivity index (χ0n) is 14.3. The second kappa shape index (κ2) is 8.11. The summed E-state index contributed by atoms with van der Waals surface area (Å²) in [6.45, 7) is 4.95. The molecule has 0 saturated heterocycles. The third-order valence-electron chi connectivity index (χ3n) is 3.98. The largest absolute Gasteiger partial charge is 0.489 e. The van der Waals surface area contributed by atoms with Gasteiger partial charge in [-0.05, 0) is 42.2 Å². The van der Waals surface area contributed by atoms with Gasteiger partial charge in [-0.3, -0.25) is 0 Å². The molecule has 0 unspecified atom stereocenters. The van der Waals surface area contributed by atoms with Gasteiger partial charge < -0.3 is 4.74 Å². The van der Waals surface area contributed by atoms with Crippen LogP contribution in [0.3, 0.4) is 0 Å². The lowest BCUT2D eigenvalue weighted by Gasteiger charge is -2.12. The number of rotatable bonds is 7. The molecule has 0 saturated carbocycles. The van der Waals surface area contributed by atoms with Gasteiger partial charge in [-0.1, -0.05) is 50.6 Å². The van der Waals surface area contributed by atoms with Crippen molar-refractivity contribution in [2.24, 2.45) is 0 Å². The summed E-state index contributed by atoms with van der Waals surface area (Å²) in [5.41, 5.74) is 4.81. The van der Waals surface area contributed by atoms with Crippen LogP contribution < -0.4 is 4.74 Å². The highest BCUT2D eigenvalue weighted by molar-refractivity contribution is 7.13. The van der Waals surface area contributed by atoms with E-state index >= 15 is 0 Å². The summed E-state index contributed by atoms with van der Waals surface area (Å²) in [5.74, 6) is 0.983. The van der Waals surface area contributed by atoms with Gasteiger partial charge in [0.25, 0.3) is 0 Å². The van der Waals surface area contributed by atoms with Gasteiger partial charge >= 0.3 is 0 Å². The van der Waals surface area contributed by atoms with Crippen LogP contribution in [0.15, 0.2) is 53.9 Å². The Labute approximate surface area is 148 Å². The van der Waals surface area contributed by atoms with Gasteiger partial charge in [0.15, 0.2) is 0 Å². The summed E-state index contributed by atoms with van der Waals surface area (Å²) < 4.78 is 6.08. The van der Waals surface area contributed by atoms with E-state index in [0.29, 0.717) is 6.61 Å². The Kier molecular flexibility index (Phi) is 5.65. The minimum absolute atomic E-state index is 0.605. The average molecular weight is 337 g/mol. The number of benzene rings is 2. The fourth-order valence-electron chi connectivity index (χ4n) is 2.66. The Morgan fingerprint density at radius 3 is 2.58 bits per heavy atom. The molecule has 3 aromatic rings. The van der Waals surface area contributed by atoms with Crippen LogP contribution in [0.4, 0.5) is 0 Å². The van der Waals surface area contributed by atoms with Crippen LogP contribution >= 0.6 is 11.3 Å². The predicted octanol–water partition coefficient (Wildman–Crippen LogP) is 5.90. The molecule has 0 N–H and O–H groups in total. The number of aryl methyl sites for hydroxylation is 2. The van der Waals surface area contributed by atoms with Crippen LogP contribution in [0, 0.1) is 0 Å². The summed E-state index contributed by atoms with van der Waals surface area (Å²) in [6.07, 6.45) is 3.10. The zero-order chi connectivity index (χ0) is 16.8. The second-order valence-corrected chi connectivity index (χ2v) is 6.70. The first-order chi connectivity index (χ1) is 11.8. The molecule has 1 heterocycles. The van der Waals surface area contributed by atoms with E-state index in [0.717, 1.165) is 35.7 Å². The standard InChI is InChI=1S/C21H23NOS/c1-3-8-17-13-18(21-22-19(4-2)15-24-21)11-12-20(17)23-14-16-9-6-5-7-10-16/h5-7,9-13,15H,3-4,8,14H2,1-2H3. The molecule has 1 aromatic heterocycles. The van der Waals surface area contributed by atoms with Gasteiger partial charge in [0, 0.05) is 10.9 Å². The molecule has 3 rings (SSSR count). The zero-order valence-corrected chi connectivity index (χ0v) is 15.1. The van der Waals surface area contributed by atoms with Crippen LogP contribution in [-0.4, -0.2) is 4.98 Å². The quantitative estimate of drug-likeness (QED) is 0.535. The molecular weight excluding hydrogens is 314 g/mol. The van der Waals surface area contributed by atoms with Crippen molar-refractivity contribution >= 4 is 11.3 Å². The lowest BCUT2D eigenvalue weighted by atomic mass is 10.1. The van der Waals surface area contributed by atoms with Gasteiger partial charge in [0.2, 0.25) is 0 Å². The molecule has 2 aromatic carbocycles. The van der Waals surface area contributed by atoms with Crippen LogP contribution in [0.2, 0.25) is 0 Å². The van der Waals surface area contributed by atoms with Gasteiger partial charge in [-0.15, -0.1) is 11.3 Å². The highest BCUT2D eigenvalue weighted by Gasteiger charge is 2.09. The molecule has 24 heavy (non-hydrogen) atoms. The van der Waals surface area contributed by atoms with Crippen molar-refractivity contribution < 1.29 is 4.74 Å².